The minimum atomic E-state index is -3.40. The Kier molecular flexibility index (Phi) is 5.33. The molecule has 0 saturated heterocycles. The summed E-state index contributed by atoms with van der Waals surface area (Å²) in [5.74, 6) is 0. The Morgan fingerprint density at radius 3 is 2.56 bits per heavy atom. The van der Waals surface area contributed by atoms with Gasteiger partial charge in [0.1, 0.15) is 0 Å². The third-order valence-electron chi connectivity index (χ3n) is 2.11. The zero-order chi connectivity index (χ0) is 13.8. The maximum atomic E-state index is 12.1. The molecule has 0 radical (unpaired) electrons. The van der Waals surface area contributed by atoms with Gasteiger partial charge < -0.3 is 5.32 Å². The van der Waals surface area contributed by atoms with Crippen LogP contribution in [0.15, 0.2) is 16.3 Å². The summed E-state index contributed by atoms with van der Waals surface area (Å²) in [6, 6.07) is 1.74. The molecule has 0 aliphatic rings. The minimum absolute atomic E-state index is 0.357. The molecule has 0 amide bonds. The molecule has 104 valence electrons. The molecule has 0 aromatic carbocycles. The lowest BCUT2D eigenvalue weighted by molar-refractivity contribution is 0.491. The number of hydrogen-bond acceptors (Lipinski definition) is 4. The van der Waals surface area contributed by atoms with Gasteiger partial charge in [0.2, 0.25) is 10.0 Å². The second-order valence-corrected chi connectivity index (χ2v) is 7.96. The molecular weight excluding hydrogens is 268 g/mol. The molecule has 0 fully saturated rings. The van der Waals surface area contributed by atoms with Crippen molar-refractivity contribution in [2.75, 3.05) is 6.54 Å². The van der Waals surface area contributed by atoms with E-state index in [1.807, 2.05) is 20.8 Å². The van der Waals surface area contributed by atoms with Crippen molar-refractivity contribution in [2.45, 2.75) is 51.1 Å². The first-order valence-electron chi connectivity index (χ1n) is 6.07. The van der Waals surface area contributed by atoms with E-state index in [0.717, 1.165) is 24.4 Å². The molecule has 0 spiro atoms. The van der Waals surface area contributed by atoms with Gasteiger partial charge >= 0.3 is 0 Å². The summed E-state index contributed by atoms with van der Waals surface area (Å²) in [5, 5.41) is 4.95. The average Bonchev–Trinajstić information content (AvgIpc) is 2.63. The van der Waals surface area contributed by atoms with E-state index < -0.39 is 15.6 Å². The largest absolute Gasteiger partial charge is 0.312 e. The van der Waals surface area contributed by atoms with Gasteiger partial charge in [-0.2, -0.15) is 0 Å². The van der Waals surface area contributed by atoms with Gasteiger partial charge in [-0.3, -0.25) is 0 Å². The molecule has 1 rings (SSSR count). The Morgan fingerprint density at radius 1 is 1.33 bits per heavy atom. The minimum Gasteiger partial charge on any atom is -0.312 e. The summed E-state index contributed by atoms with van der Waals surface area (Å²) >= 11 is 1.47. The number of nitrogens with one attached hydrogen (secondary N) is 2. The Bertz CT molecular complexity index is 473. The molecule has 0 bridgehead atoms. The Morgan fingerprint density at radius 2 is 2.00 bits per heavy atom. The summed E-state index contributed by atoms with van der Waals surface area (Å²) in [7, 11) is -3.40. The van der Waals surface area contributed by atoms with Crippen molar-refractivity contribution in [3.8, 4) is 0 Å². The van der Waals surface area contributed by atoms with Crippen LogP contribution in [0.2, 0.25) is 0 Å². The Labute approximate surface area is 114 Å². The van der Waals surface area contributed by atoms with Crippen LogP contribution in [0.5, 0.6) is 0 Å². The first kappa shape index (κ1) is 15.6. The predicted molar refractivity (Wildman–Crippen MR) is 76.4 cm³/mol. The fourth-order valence-electron chi connectivity index (χ4n) is 1.44. The Hall–Kier alpha value is -0.430. The van der Waals surface area contributed by atoms with Crippen molar-refractivity contribution in [3.05, 3.63) is 16.3 Å². The molecule has 0 unspecified atom stereocenters. The van der Waals surface area contributed by atoms with Crippen molar-refractivity contribution in [3.63, 3.8) is 0 Å². The second kappa shape index (κ2) is 6.14. The number of rotatable bonds is 6. The van der Waals surface area contributed by atoms with Gasteiger partial charge in [0.05, 0.1) is 4.90 Å². The first-order chi connectivity index (χ1) is 8.24. The van der Waals surface area contributed by atoms with Gasteiger partial charge in [-0.25, -0.2) is 13.1 Å². The summed E-state index contributed by atoms with van der Waals surface area (Å²) in [6.45, 7) is 9.27. The number of thiophene rings is 1. The molecule has 0 aliphatic heterocycles. The fraction of sp³-hybridized carbons (Fsp3) is 0.667. The van der Waals surface area contributed by atoms with Crippen molar-refractivity contribution in [1.82, 2.24) is 10.0 Å². The smallest absolute Gasteiger partial charge is 0.241 e. The molecule has 2 N–H and O–H groups in total. The molecule has 0 saturated carbocycles. The van der Waals surface area contributed by atoms with Crippen molar-refractivity contribution in [1.29, 1.82) is 0 Å². The van der Waals surface area contributed by atoms with Gasteiger partial charge in [-0.1, -0.05) is 6.92 Å². The maximum Gasteiger partial charge on any atom is 0.241 e. The standard InChI is InChI=1S/C12H22N2O2S2/c1-5-6-13-8-10-7-11(9-17-10)18(15,16)14-12(2,3)4/h7,9,13-14H,5-6,8H2,1-4H3. The lowest BCUT2D eigenvalue weighted by atomic mass is 10.1. The van der Waals surface area contributed by atoms with Crippen LogP contribution in [0.3, 0.4) is 0 Å². The fourth-order valence-corrected chi connectivity index (χ4v) is 4.11. The molecule has 6 heteroatoms. The SMILES string of the molecule is CCCNCc1cc(S(=O)(=O)NC(C)(C)C)cs1. The molecule has 0 aliphatic carbocycles. The van der Waals surface area contributed by atoms with Gasteiger partial charge in [0.25, 0.3) is 0 Å². The monoisotopic (exact) mass is 290 g/mol. The molecule has 4 nitrogen and oxygen atoms in total. The molecular formula is C12H22N2O2S2. The highest BCUT2D eigenvalue weighted by Gasteiger charge is 2.22. The van der Waals surface area contributed by atoms with E-state index in [0.29, 0.717) is 4.90 Å². The number of sulfonamides is 1. The molecule has 1 heterocycles. The summed E-state index contributed by atoms with van der Waals surface area (Å²) in [5.41, 5.74) is -0.457. The van der Waals surface area contributed by atoms with E-state index in [-0.39, 0.29) is 0 Å². The average molecular weight is 290 g/mol. The highest BCUT2D eigenvalue weighted by Crippen LogP contribution is 2.20. The molecule has 1 aromatic heterocycles. The zero-order valence-electron chi connectivity index (χ0n) is 11.4. The molecule has 0 atom stereocenters. The van der Waals surface area contributed by atoms with Crippen molar-refractivity contribution >= 4 is 21.4 Å². The van der Waals surface area contributed by atoms with Gasteiger partial charge in [0, 0.05) is 22.3 Å². The zero-order valence-corrected chi connectivity index (χ0v) is 13.0. The van der Waals surface area contributed by atoms with Crippen LogP contribution in [0.1, 0.15) is 39.0 Å². The quantitative estimate of drug-likeness (QED) is 0.791. The van der Waals surface area contributed by atoms with Crippen LogP contribution in [0.25, 0.3) is 0 Å². The highest BCUT2D eigenvalue weighted by atomic mass is 32.2. The van der Waals surface area contributed by atoms with Gasteiger partial charge in [0.15, 0.2) is 0 Å². The van der Waals surface area contributed by atoms with Gasteiger partial charge in [-0.15, -0.1) is 11.3 Å². The Balaban J connectivity index is 2.73. The van der Waals surface area contributed by atoms with Crippen LogP contribution >= 0.6 is 11.3 Å². The van der Waals surface area contributed by atoms with E-state index in [4.69, 9.17) is 0 Å². The van der Waals surface area contributed by atoms with Crippen LogP contribution in [0.4, 0.5) is 0 Å². The third kappa shape index (κ3) is 5.06. The third-order valence-corrected chi connectivity index (χ3v) is 4.93. The highest BCUT2D eigenvalue weighted by molar-refractivity contribution is 7.89. The summed E-state index contributed by atoms with van der Waals surface area (Å²) in [6.07, 6.45) is 1.07. The van der Waals surface area contributed by atoms with Gasteiger partial charge in [-0.05, 0) is 39.8 Å². The lowest BCUT2D eigenvalue weighted by Gasteiger charge is -2.19. The molecule has 1 aromatic rings. The van der Waals surface area contributed by atoms with E-state index in [2.05, 4.69) is 17.0 Å². The first-order valence-corrected chi connectivity index (χ1v) is 8.43. The van der Waals surface area contributed by atoms with E-state index in [1.165, 1.54) is 11.3 Å². The van der Waals surface area contributed by atoms with Crippen LogP contribution in [0, 0.1) is 0 Å². The predicted octanol–water partition coefficient (Wildman–Crippen LogP) is 2.32. The van der Waals surface area contributed by atoms with Crippen molar-refractivity contribution in [2.24, 2.45) is 0 Å². The normalized spacial score (nSPS) is 12.9. The van der Waals surface area contributed by atoms with Crippen LogP contribution in [-0.4, -0.2) is 20.5 Å². The van der Waals surface area contributed by atoms with Crippen LogP contribution in [-0.2, 0) is 16.6 Å². The second-order valence-electron chi connectivity index (χ2n) is 5.28. The van der Waals surface area contributed by atoms with E-state index in [1.54, 1.807) is 11.4 Å². The van der Waals surface area contributed by atoms with Crippen LogP contribution < -0.4 is 10.0 Å². The van der Waals surface area contributed by atoms with Crippen molar-refractivity contribution < 1.29 is 8.42 Å². The van der Waals surface area contributed by atoms with E-state index >= 15 is 0 Å². The maximum absolute atomic E-state index is 12.1. The molecule has 18 heavy (non-hydrogen) atoms. The van der Waals surface area contributed by atoms with E-state index in [9.17, 15) is 8.42 Å². The number of hydrogen-bond donors (Lipinski definition) is 2. The lowest BCUT2D eigenvalue weighted by Crippen LogP contribution is -2.40. The summed E-state index contributed by atoms with van der Waals surface area (Å²) < 4.78 is 26.8. The topological polar surface area (TPSA) is 58.2 Å². The summed E-state index contributed by atoms with van der Waals surface area (Å²) in [4.78, 5) is 1.40.